The molecule has 0 fully saturated rings. The highest BCUT2D eigenvalue weighted by atomic mass is 16.5. The molecule has 0 radical (unpaired) electrons. The fraction of sp³-hybridized carbons (Fsp3) is 0.320. The molecule has 0 bridgehead atoms. The fourth-order valence-corrected chi connectivity index (χ4v) is 2.77. The van der Waals surface area contributed by atoms with Crippen LogP contribution in [0.15, 0.2) is 51.7 Å². The molecule has 3 rings (SSSR count). The number of benzene rings is 2. The van der Waals surface area contributed by atoms with Gasteiger partial charge in [0.1, 0.15) is 22.8 Å². The monoisotopic (exact) mass is 438 g/mol. The summed E-state index contributed by atoms with van der Waals surface area (Å²) in [5.41, 5.74) is -0.339. The smallest absolute Gasteiger partial charge is 0.338 e. The standard InChI is InChI=1S/C25H26O7/c1-6-13-29-23(27)16-7-9-17(10-8-16)31-22-15(2)30-20-14-18(11-12-19(20)21(22)26)32-24(28)25(3,4)5/h7-12,14H,6,13H2,1-5H3. The van der Waals surface area contributed by atoms with Crippen molar-refractivity contribution >= 4 is 22.9 Å². The van der Waals surface area contributed by atoms with Gasteiger partial charge in [0.05, 0.1) is 23.0 Å². The van der Waals surface area contributed by atoms with Crippen LogP contribution in [0.1, 0.15) is 50.2 Å². The molecule has 0 spiro atoms. The molecule has 3 aromatic rings. The van der Waals surface area contributed by atoms with Crippen molar-refractivity contribution in [3.05, 3.63) is 64.0 Å². The van der Waals surface area contributed by atoms with E-state index >= 15 is 0 Å². The molecule has 0 unspecified atom stereocenters. The van der Waals surface area contributed by atoms with Gasteiger partial charge in [0.2, 0.25) is 11.2 Å². The van der Waals surface area contributed by atoms with Crippen molar-refractivity contribution < 1.29 is 28.2 Å². The second-order valence-corrected chi connectivity index (χ2v) is 8.38. The van der Waals surface area contributed by atoms with Crippen LogP contribution in [0.2, 0.25) is 0 Å². The van der Waals surface area contributed by atoms with Gasteiger partial charge in [0.25, 0.3) is 0 Å². The van der Waals surface area contributed by atoms with Gasteiger partial charge in [0.15, 0.2) is 0 Å². The van der Waals surface area contributed by atoms with Crippen LogP contribution < -0.4 is 14.9 Å². The number of aryl methyl sites for hydroxylation is 1. The van der Waals surface area contributed by atoms with Crippen molar-refractivity contribution in [2.45, 2.75) is 41.0 Å². The largest absolute Gasteiger partial charge is 0.462 e. The number of ether oxygens (including phenoxy) is 3. The van der Waals surface area contributed by atoms with Crippen molar-refractivity contribution in [2.75, 3.05) is 6.61 Å². The van der Waals surface area contributed by atoms with E-state index in [-0.39, 0.29) is 22.5 Å². The Morgan fingerprint density at radius 3 is 2.28 bits per heavy atom. The second-order valence-electron chi connectivity index (χ2n) is 8.38. The molecule has 0 saturated carbocycles. The predicted molar refractivity (Wildman–Crippen MR) is 119 cm³/mol. The van der Waals surface area contributed by atoms with Crippen molar-refractivity contribution in [3.63, 3.8) is 0 Å². The zero-order valence-corrected chi connectivity index (χ0v) is 18.8. The lowest BCUT2D eigenvalue weighted by molar-refractivity contribution is -0.142. The maximum Gasteiger partial charge on any atom is 0.338 e. The Morgan fingerprint density at radius 1 is 1.00 bits per heavy atom. The average Bonchev–Trinajstić information content (AvgIpc) is 2.74. The van der Waals surface area contributed by atoms with Gasteiger partial charge in [-0.15, -0.1) is 0 Å². The van der Waals surface area contributed by atoms with Gasteiger partial charge in [-0.1, -0.05) is 6.92 Å². The first-order valence-corrected chi connectivity index (χ1v) is 10.3. The molecule has 1 aromatic heterocycles. The van der Waals surface area contributed by atoms with E-state index in [0.29, 0.717) is 29.1 Å². The Bertz CT molecular complexity index is 1200. The molecule has 0 atom stereocenters. The third kappa shape index (κ3) is 5.17. The van der Waals surface area contributed by atoms with Crippen LogP contribution in [0.3, 0.4) is 0 Å². The second kappa shape index (κ2) is 9.26. The van der Waals surface area contributed by atoms with Gasteiger partial charge in [-0.25, -0.2) is 4.79 Å². The summed E-state index contributed by atoms with van der Waals surface area (Å²) in [5, 5.41) is 0.293. The summed E-state index contributed by atoms with van der Waals surface area (Å²) in [7, 11) is 0. The van der Waals surface area contributed by atoms with E-state index in [4.69, 9.17) is 18.6 Å². The van der Waals surface area contributed by atoms with E-state index in [1.54, 1.807) is 58.0 Å². The molecule has 1 heterocycles. The van der Waals surface area contributed by atoms with E-state index in [2.05, 4.69) is 0 Å². The molecule has 0 aliphatic carbocycles. The summed E-state index contributed by atoms with van der Waals surface area (Å²) >= 11 is 0. The third-order valence-electron chi connectivity index (χ3n) is 4.56. The maximum atomic E-state index is 13.0. The first kappa shape index (κ1) is 23.1. The van der Waals surface area contributed by atoms with E-state index < -0.39 is 17.4 Å². The zero-order valence-electron chi connectivity index (χ0n) is 18.8. The number of carbonyl (C=O) groups excluding carboxylic acids is 2. The van der Waals surface area contributed by atoms with Gasteiger partial charge in [-0.3, -0.25) is 9.59 Å². The first-order valence-electron chi connectivity index (χ1n) is 10.3. The van der Waals surface area contributed by atoms with Gasteiger partial charge in [-0.05, 0) is 70.5 Å². The minimum atomic E-state index is -0.661. The number of hydrogen-bond donors (Lipinski definition) is 0. The highest BCUT2D eigenvalue weighted by Gasteiger charge is 2.24. The lowest BCUT2D eigenvalue weighted by atomic mass is 9.97. The molecule has 2 aromatic carbocycles. The summed E-state index contributed by atoms with van der Waals surface area (Å²) in [6.45, 7) is 9.15. The summed E-state index contributed by atoms with van der Waals surface area (Å²) in [4.78, 5) is 37.0. The number of hydrogen-bond acceptors (Lipinski definition) is 7. The third-order valence-corrected chi connectivity index (χ3v) is 4.56. The fourth-order valence-electron chi connectivity index (χ4n) is 2.77. The van der Waals surface area contributed by atoms with Crippen LogP contribution in [0.25, 0.3) is 11.0 Å². The average molecular weight is 438 g/mol. The lowest BCUT2D eigenvalue weighted by Crippen LogP contribution is -2.25. The Morgan fingerprint density at radius 2 is 1.66 bits per heavy atom. The van der Waals surface area contributed by atoms with Crippen LogP contribution in [-0.4, -0.2) is 18.5 Å². The summed E-state index contributed by atoms with van der Waals surface area (Å²) < 4.78 is 22.0. The number of rotatable bonds is 6. The molecule has 168 valence electrons. The highest BCUT2D eigenvalue weighted by molar-refractivity contribution is 5.89. The van der Waals surface area contributed by atoms with Crippen molar-refractivity contribution in [1.82, 2.24) is 0 Å². The molecular weight excluding hydrogens is 412 g/mol. The Balaban J connectivity index is 1.85. The maximum absolute atomic E-state index is 13.0. The topological polar surface area (TPSA) is 92.0 Å². The molecule has 0 aliphatic rings. The van der Waals surface area contributed by atoms with Gasteiger partial charge in [0, 0.05) is 6.07 Å². The van der Waals surface area contributed by atoms with Gasteiger partial charge in [-0.2, -0.15) is 0 Å². The Labute approximate surface area is 185 Å². The predicted octanol–water partition coefficient (Wildman–Crippen LogP) is 5.41. The van der Waals surface area contributed by atoms with Crippen molar-refractivity contribution in [3.8, 4) is 17.2 Å². The molecule has 32 heavy (non-hydrogen) atoms. The van der Waals surface area contributed by atoms with Crippen LogP contribution in [-0.2, 0) is 9.53 Å². The molecule has 0 N–H and O–H groups in total. The SMILES string of the molecule is CCCOC(=O)c1ccc(Oc2c(C)oc3cc(OC(=O)C(C)(C)C)ccc3c2=O)cc1. The summed E-state index contributed by atoms with van der Waals surface area (Å²) in [6.07, 6.45) is 0.741. The van der Waals surface area contributed by atoms with E-state index in [0.717, 1.165) is 6.42 Å². The van der Waals surface area contributed by atoms with E-state index in [1.165, 1.54) is 12.1 Å². The number of carbonyl (C=O) groups is 2. The van der Waals surface area contributed by atoms with E-state index in [9.17, 15) is 14.4 Å². The van der Waals surface area contributed by atoms with E-state index in [1.807, 2.05) is 6.92 Å². The van der Waals surface area contributed by atoms with Crippen molar-refractivity contribution in [2.24, 2.45) is 5.41 Å². The Kier molecular flexibility index (Phi) is 6.67. The zero-order chi connectivity index (χ0) is 23.5. The van der Waals surface area contributed by atoms with Crippen molar-refractivity contribution in [1.29, 1.82) is 0 Å². The quantitative estimate of drug-likeness (QED) is 0.375. The lowest BCUT2D eigenvalue weighted by Gasteiger charge is -2.16. The van der Waals surface area contributed by atoms with Gasteiger partial charge >= 0.3 is 11.9 Å². The summed E-state index contributed by atoms with van der Waals surface area (Å²) in [5.74, 6) is 0.175. The molecule has 7 nitrogen and oxygen atoms in total. The van der Waals surface area contributed by atoms with Gasteiger partial charge < -0.3 is 18.6 Å². The molecule has 0 aliphatic heterocycles. The molecule has 0 amide bonds. The van der Waals surface area contributed by atoms with Crippen LogP contribution in [0.4, 0.5) is 0 Å². The summed E-state index contributed by atoms with van der Waals surface area (Å²) in [6, 6.07) is 10.9. The highest BCUT2D eigenvalue weighted by Crippen LogP contribution is 2.28. The van der Waals surface area contributed by atoms with Crippen LogP contribution >= 0.6 is 0 Å². The van der Waals surface area contributed by atoms with Crippen LogP contribution in [0.5, 0.6) is 17.2 Å². The minimum absolute atomic E-state index is 0.0400. The number of esters is 2. The minimum Gasteiger partial charge on any atom is -0.462 e. The first-order chi connectivity index (χ1) is 15.1. The Hall–Kier alpha value is -3.61. The molecular formula is C25H26O7. The normalized spacial score (nSPS) is 11.3. The molecule has 7 heteroatoms. The van der Waals surface area contributed by atoms with Crippen LogP contribution in [0, 0.1) is 12.3 Å². The number of fused-ring (bicyclic) bond motifs is 1. The molecule has 0 saturated heterocycles.